The maximum Gasteiger partial charge on any atom is 0.469 e. The van der Waals surface area contributed by atoms with Gasteiger partial charge < -0.3 is 24.4 Å². The lowest BCUT2D eigenvalue weighted by Crippen LogP contribution is -2.29. The maximum absolute atomic E-state index is 12.4. The molecule has 0 aliphatic rings. The molecule has 0 amide bonds. The van der Waals surface area contributed by atoms with E-state index in [0.29, 0.717) is 19.3 Å². The van der Waals surface area contributed by atoms with Gasteiger partial charge in [-0.3, -0.25) is 14.1 Å². The van der Waals surface area contributed by atoms with Gasteiger partial charge in [-0.2, -0.15) is 0 Å². The molecule has 314 valence electrons. The third-order valence-electron chi connectivity index (χ3n) is 9.49. The molecule has 0 rings (SSSR count). The zero-order valence-corrected chi connectivity index (χ0v) is 35.3. The number of unbranched alkanes of at least 4 members (excludes halogenated alkanes) is 16. The van der Waals surface area contributed by atoms with Crippen LogP contribution in [0.1, 0.15) is 188 Å². The molecule has 0 fully saturated rings. The van der Waals surface area contributed by atoms with Crippen LogP contribution in [0.25, 0.3) is 0 Å². The number of ether oxygens (including phenoxy) is 2. The van der Waals surface area contributed by atoms with Crippen LogP contribution in [0.3, 0.4) is 0 Å². The molecule has 1 unspecified atom stereocenters. The third kappa shape index (κ3) is 39.7. The van der Waals surface area contributed by atoms with Gasteiger partial charge in [0.1, 0.15) is 6.61 Å². The Morgan fingerprint density at radius 3 is 1.78 bits per heavy atom. The summed E-state index contributed by atoms with van der Waals surface area (Å²) in [6, 6.07) is 0. The number of carbonyl (C=O) groups excluding carboxylic acids is 2. The summed E-state index contributed by atoms with van der Waals surface area (Å²) in [7, 11) is -4.81. The molecular formula is C44H79O9P. The average Bonchev–Trinajstić information content (AvgIpc) is 3.13. The highest BCUT2D eigenvalue weighted by Gasteiger charge is 2.23. The van der Waals surface area contributed by atoms with Crippen molar-refractivity contribution < 1.29 is 43.0 Å². The Kier molecular flexibility index (Phi) is 36.4. The molecule has 0 bridgehead atoms. The average molecular weight is 783 g/mol. The summed E-state index contributed by atoms with van der Waals surface area (Å²) in [6.07, 6.45) is 41.4. The largest absolute Gasteiger partial charge is 0.469 e. The van der Waals surface area contributed by atoms with Crippen molar-refractivity contribution in [2.45, 2.75) is 200 Å². The second-order valence-electron chi connectivity index (χ2n) is 14.8. The van der Waals surface area contributed by atoms with Crippen molar-refractivity contribution in [2.75, 3.05) is 13.2 Å². The van der Waals surface area contributed by atoms with Crippen molar-refractivity contribution in [1.82, 2.24) is 0 Å². The van der Waals surface area contributed by atoms with Gasteiger partial charge in [0.05, 0.1) is 12.7 Å². The summed E-state index contributed by atoms with van der Waals surface area (Å²) < 4.78 is 26.3. The molecule has 10 heteroatoms. The first-order valence-corrected chi connectivity index (χ1v) is 23.0. The fourth-order valence-corrected chi connectivity index (χ4v) is 6.22. The van der Waals surface area contributed by atoms with Gasteiger partial charge in [-0.15, -0.1) is 0 Å². The minimum absolute atomic E-state index is 0.0162. The summed E-state index contributed by atoms with van der Waals surface area (Å²) in [4.78, 5) is 42.9. The van der Waals surface area contributed by atoms with Crippen molar-refractivity contribution in [3.8, 4) is 0 Å². The minimum Gasteiger partial charge on any atom is -0.462 e. The van der Waals surface area contributed by atoms with Crippen molar-refractivity contribution in [3.63, 3.8) is 0 Å². The molecular weight excluding hydrogens is 703 g/mol. The number of hydrogen-bond acceptors (Lipinski definition) is 7. The molecule has 0 aromatic rings. The van der Waals surface area contributed by atoms with E-state index in [4.69, 9.17) is 19.3 Å². The van der Waals surface area contributed by atoms with Gasteiger partial charge in [0.15, 0.2) is 6.10 Å². The molecule has 0 saturated heterocycles. The molecule has 0 aliphatic heterocycles. The fraction of sp³-hybridized carbons (Fsp3) is 0.773. The molecule has 0 heterocycles. The van der Waals surface area contributed by atoms with E-state index in [2.05, 4.69) is 49.6 Å². The van der Waals surface area contributed by atoms with Crippen molar-refractivity contribution in [2.24, 2.45) is 5.92 Å². The van der Waals surface area contributed by atoms with E-state index in [0.717, 1.165) is 44.4 Å². The van der Waals surface area contributed by atoms with Crippen LogP contribution in [0.4, 0.5) is 0 Å². The van der Waals surface area contributed by atoms with Crippen molar-refractivity contribution in [3.05, 3.63) is 48.6 Å². The van der Waals surface area contributed by atoms with E-state index in [9.17, 15) is 19.3 Å². The van der Waals surface area contributed by atoms with Crippen LogP contribution in [0.5, 0.6) is 0 Å². The van der Waals surface area contributed by atoms with Crippen LogP contribution in [-0.4, -0.2) is 52.3 Å². The van der Waals surface area contributed by atoms with Crippen LogP contribution in [0, 0.1) is 5.92 Å². The van der Waals surface area contributed by atoms with Gasteiger partial charge in [0.25, 0.3) is 0 Å². The standard InChI is InChI=1S/C44H79O9P/c1-4-6-7-8-9-10-11-14-18-21-24-27-30-34-41(45)35-32-37-44(47)53-42(39-52-54(48,49)50)38-51-43(46)36-31-28-25-22-19-16-13-12-15-17-20-23-26-29-33-40(3)5-2/h9-10,14,18,24,27,30,34,40-42,45H,4-8,11-13,15-17,19-23,25-26,28-29,31-33,35-39H2,1-3H3,(H2,48,49,50)/b10-9-,18-14-,27-24-,34-30+/t40?,41-,42+/m0/s1. The molecule has 0 saturated carbocycles. The molecule has 3 N–H and O–H groups in total. The molecule has 0 aliphatic carbocycles. The summed E-state index contributed by atoms with van der Waals surface area (Å²) in [6.45, 7) is 5.87. The van der Waals surface area contributed by atoms with Gasteiger partial charge in [0, 0.05) is 12.8 Å². The lowest BCUT2D eigenvalue weighted by Gasteiger charge is -2.18. The van der Waals surface area contributed by atoms with E-state index in [-0.39, 0.29) is 19.4 Å². The second-order valence-corrected chi connectivity index (χ2v) is 16.0. The number of aliphatic hydroxyl groups is 1. The van der Waals surface area contributed by atoms with Gasteiger partial charge >= 0.3 is 19.8 Å². The minimum atomic E-state index is -4.81. The predicted molar refractivity (Wildman–Crippen MR) is 222 cm³/mol. The zero-order valence-electron chi connectivity index (χ0n) is 34.4. The van der Waals surface area contributed by atoms with Crippen LogP contribution < -0.4 is 0 Å². The Morgan fingerprint density at radius 2 is 1.19 bits per heavy atom. The number of allylic oxidation sites excluding steroid dienone is 7. The number of carbonyl (C=O) groups is 2. The summed E-state index contributed by atoms with van der Waals surface area (Å²) in [5.74, 6) is -0.209. The van der Waals surface area contributed by atoms with E-state index in [1.807, 2.05) is 12.2 Å². The van der Waals surface area contributed by atoms with E-state index in [1.54, 1.807) is 12.2 Å². The Morgan fingerprint density at radius 1 is 0.630 bits per heavy atom. The Balaban J connectivity index is 4.09. The molecule has 0 spiro atoms. The Labute approximate surface area is 329 Å². The molecule has 0 aromatic carbocycles. The molecule has 9 nitrogen and oxygen atoms in total. The highest BCUT2D eigenvalue weighted by molar-refractivity contribution is 7.46. The monoisotopic (exact) mass is 783 g/mol. The summed E-state index contributed by atoms with van der Waals surface area (Å²) in [5.41, 5.74) is 0. The van der Waals surface area contributed by atoms with Crippen LogP contribution >= 0.6 is 7.82 Å². The fourth-order valence-electron chi connectivity index (χ4n) is 5.86. The lowest BCUT2D eigenvalue weighted by molar-refractivity contribution is -0.161. The number of phosphoric ester groups is 1. The number of aliphatic hydroxyl groups excluding tert-OH is 1. The lowest BCUT2D eigenvalue weighted by atomic mass is 9.99. The Hall–Kier alpha value is -2.03. The second kappa shape index (κ2) is 37.9. The van der Waals surface area contributed by atoms with E-state index < -0.39 is 38.6 Å². The normalized spacial score (nSPS) is 14.1. The highest BCUT2D eigenvalue weighted by Crippen LogP contribution is 2.36. The topological polar surface area (TPSA) is 140 Å². The molecule has 54 heavy (non-hydrogen) atoms. The smallest absolute Gasteiger partial charge is 0.462 e. The predicted octanol–water partition coefficient (Wildman–Crippen LogP) is 12.0. The van der Waals surface area contributed by atoms with Gasteiger partial charge in [-0.1, -0.05) is 179 Å². The van der Waals surface area contributed by atoms with Crippen LogP contribution in [0.15, 0.2) is 48.6 Å². The highest BCUT2D eigenvalue weighted by atomic mass is 31.2. The quantitative estimate of drug-likeness (QED) is 0.0183. The third-order valence-corrected chi connectivity index (χ3v) is 9.98. The number of esters is 2. The maximum atomic E-state index is 12.4. The SMILES string of the molecule is CCCCC/C=C\C/C=C\C/C=C\C=C\[C@H](O)CCCC(=O)O[C@H](COC(=O)CCCCCCCCCCCCCCCCC(C)CC)COP(=O)(O)O. The van der Waals surface area contributed by atoms with Gasteiger partial charge in [-0.25, -0.2) is 4.57 Å². The Bertz CT molecular complexity index is 1050. The molecule has 0 radical (unpaired) electrons. The number of hydrogen-bond donors (Lipinski definition) is 3. The van der Waals surface area contributed by atoms with Gasteiger partial charge in [0.2, 0.25) is 0 Å². The first-order valence-electron chi connectivity index (χ1n) is 21.4. The van der Waals surface area contributed by atoms with Crippen LogP contribution in [-0.2, 0) is 28.2 Å². The first kappa shape index (κ1) is 52.0. The van der Waals surface area contributed by atoms with E-state index in [1.165, 1.54) is 96.3 Å². The van der Waals surface area contributed by atoms with Crippen molar-refractivity contribution >= 4 is 19.8 Å². The van der Waals surface area contributed by atoms with E-state index >= 15 is 0 Å². The zero-order chi connectivity index (χ0) is 40.0. The van der Waals surface area contributed by atoms with Gasteiger partial charge in [-0.05, 0) is 50.9 Å². The number of rotatable bonds is 38. The first-order chi connectivity index (χ1) is 26.1. The van der Waals surface area contributed by atoms with Crippen molar-refractivity contribution in [1.29, 1.82) is 0 Å². The number of phosphoric acid groups is 1. The van der Waals surface area contributed by atoms with Crippen LogP contribution in [0.2, 0.25) is 0 Å². The molecule has 0 aromatic heterocycles. The summed E-state index contributed by atoms with van der Waals surface area (Å²) in [5, 5.41) is 10.2. The summed E-state index contributed by atoms with van der Waals surface area (Å²) >= 11 is 0. The molecule has 3 atom stereocenters.